The van der Waals surface area contributed by atoms with Crippen molar-refractivity contribution < 1.29 is 0 Å². The second-order valence-corrected chi connectivity index (χ2v) is 7.44. The van der Waals surface area contributed by atoms with Crippen LogP contribution in [0.25, 0.3) is 4.91 Å². The van der Waals surface area contributed by atoms with E-state index in [0.29, 0.717) is 0 Å². The van der Waals surface area contributed by atoms with E-state index in [1.807, 2.05) is 47.9 Å². The Labute approximate surface area is 138 Å². The molecule has 22 heavy (non-hydrogen) atoms. The third kappa shape index (κ3) is 2.28. The maximum absolute atomic E-state index is 4.18. The molecule has 3 aromatic heterocycles. The molecular formula is C18H14N2S2. The molecule has 0 saturated heterocycles. The maximum Gasteiger partial charge on any atom is 0.0832 e. The molecule has 0 aliphatic carbocycles. The van der Waals surface area contributed by atoms with Crippen molar-refractivity contribution in [3.8, 4) is 0 Å². The lowest BCUT2D eigenvalue weighted by Gasteiger charge is -2.28. The van der Waals surface area contributed by atoms with E-state index in [0.717, 1.165) is 6.42 Å². The molecule has 3 aromatic rings. The van der Waals surface area contributed by atoms with Gasteiger partial charge in [-0.25, -0.2) is 0 Å². The summed E-state index contributed by atoms with van der Waals surface area (Å²) in [5, 5.41) is 2.16. The highest BCUT2D eigenvalue weighted by atomic mass is 32.2. The van der Waals surface area contributed by atoms with Gasteiger partial charge in [-0.15, -0.1) is 23.1 Å². The van der Waals surface area contributed by atoms with Crippen molar-refractivity contribution in [1.29, 1.82) is 0 Å². The summed E-state index contributed by atoms with van der Waals surface area (Å²) in [5.74, 6) is 0. The minimum Gasteiger partial charge on any atom is -0.265 e. The van der Waals surface area contributed by atoms with Crippen LogP contribution in [0.1, 0.15) is 22.4 Å². The fraction of sp³-hybridized carbons (Fsp3) is 0.111. The lowest BCUT2D eigenvalue weighted by molar-refractivity contribution is 0.785. The average molecular weight is 322 g/mol. The minimum atomic E-state index is -0.0320. The molecule has 2 nitrogen and oxygen atoms in total. The Morgan fingerprint density at radius 3 is 2.32 bits per heavy atom. The van der Waals surface area contributed by atoms with Gasteiger partial charge in [-0.05, 0) is 53.3 Å². The summed E-state index contributed by atoms with van der Waals surface area (Å²) in [6.45, 7) is 0. The van der Waals surface area contributed by atoms with Gasteiger partial charge in [0.1, 0.15) is 0 Å². The van der Waals surface area contributed by atoms with E-state index in [-0.39, 0.29) is 4.75 Å². The summed E-state index contributed by atoms with van der Waals surface area (Å²) in [7, 11) is 0. The molecule has 0 radical (unpaired) electrons. The van der Waals surface area contributed by atoms with Crippen LogP contribution in [0.4, 0.5) is 0 Å². The van der Waals surface area contributed by atoms with Gasteiger partial charge in [0.25, 0.3) is 0 Å². The van der Waals surface area contributed by atoms with Gasteiger partial charge >= 0.3 is 0 Å². The van der Waals surface area contributed by atoms with E-state index in [1.165, 1.54) is 20.9 Å². The number of nitrogens with zero attached hydrogens (tertiary/aromatic N) is 2. The van der Waals surface area contributed by atoms with E-state index in [9.17, 15) is 0 Å². The van der Waals surface area contributed by atoms with Crippen molar-refractivity contribution in [2.24, 2.45) is 0 Å². The summed E-state index contributed by atoms with van der Waals surface area (Å²) in [4.78, 5) is 11.0. The Bertz CT molecular complexity index is 782. The molecule has 1 aliphatic rings. The first-order chi connectivity index (χ1) is 10.9. The normalized spacial score (nSPS) is 20.8. The first-order valence-corrected chi connectivity index (χ1v) is 8.82. The molecule has 4 heterocycles. The third-order valence-corrected chi connectivity index (χ3v) is 6.64. The Balaban J connectivity index is 1.77. The van der Waals surface area contributed by atoms with E-state index >= 15 is 0 Å². The number of allylic oxidation sites excluding steroid dienone is 1. The first kappa shape index (κ1) is 13.7. The molecule has 4 heteroatoms. The van der Waals surface area contributed by atoms with Crippen LogP contribution < -0.4 is 0 Å². The molecule has 1 aliphatic heterocycles. The lowest BCUT2D eigenvalue weighted by atomic mass is 9.93. The molecule has 1 unspecified atom stereocenters. The van der Waals surface area contributed by atoms with Gasteiger partial charge in [0.15, 0.2) is 0 Å². The van der Waals surface area contributed by atoms with E-state index in [1.54, 1.807) is 0 Å². The fourth-order valence-electron chi connectivity index (χ4n) is 2.80. The van der Waals surface area contributed by atoms with Gasteiger partial charge in [-0.2, -0.15) is 0 Å². The molecule has 0 fully saturated rings. The van der Waals surface area contributed by atoms with Crippen molar-refractivity contribution in [1.82, 2.24) is 9.97 Å². The van der Waals surface area contributed by atoms with Gasteiger partial charge in [-0.3, -0.25) is 9.97 Å². The monoisotopic (exact) mass is 322 g/mol. The zero-order valence-electron chi connectivity index (χ0n) is 11.8. The van der Waals surface area contributed by atoms with Crippen molar-refractivity contribution in [3.63, 3.8) is 0 Å². The molecular weight excluding hydrogens is 308 g/mol. The van der Waals surface area contributed by atoms with Gasteiger partial charge in [0.05, 0.1) is 4.75 Å². The van der Waals surface area contributed by atoms with E-state index in [4.69, 9.17) is 0 Å². The number of hydrogen-bond acceptors (Lipinski definition) is 4. The minimum absolute atomic E-state index is 0.0320. The summed E-state index contributed by atoms with van der Waals surface area (Å²) >= 11 is 3.76. The van der Waals surface area contributed by atoms with Gasteiger partial charge in [0, 0.05) is 34.6 Å². The average Bonchev–Trinajstić information content (AvgIpc) is 3.27. The molecule has 0 bridgehead atoms. The Kier molecular flexibility index (Phi) is 3.56. The SMILES string of the molecule is C1=C(c2ccncc2)SC(c2ccncc2)(c2cccs2)C1. The zero-order chi connectivity index (χ0) is 14.8. The van der Waals surface area contributed by atoms with Crippen molar-refractivity contribution in [2.75, 3.05) is 0 Å². The van der Waals surface area contributed by atoms with Crippen molar-refractivity contribution >= 4 is 28.0 Å². The highest BCUT2D eigenvalue weighted by Gasteiger charge is 2.40. The van der Waals surface area contributed by atoms with Crippen LogP contribution in [0, 0.1) is 0 Å². The summed E-state index contributed by atoms with van der Waals surface area (Å²) in [6.07, 6.45) is 10.8. The van der Waals surface area contributed by atoms with Crippen LogP contribution in [0.2, 0.25) is 0 Å². The highest BCUT2D eigenvalue weighted by Crippen LogP contribution is 2.57. The van der Waals surface area contributed by atoms with Crippen LogP contribution in [-0.2, 0) is 4.75 Å². The van der Waals surface area contributed by atoms with Gasteiger partial charge in [-0.1, -0.05) is 12.1 Å². The van der Waals surface area contributed by atoms with Crippen LogP contribution in [0.5, 0.6) is 0 Å². The predicted octanol–water partition coefficient (Wildman–Crippen LogP) is 4.96. The van der Waals surface area contributed by atoms with E-state index < -0.39 is 0 Å². The molecule has 0 saturated carbocycles. The highest BCUT2D eigenvalue weighted by molar-refractivity contribution is 8.09. The predicted molar refractivity (Wildman–Crippen MR) is 93.8 cm³/mol. The molecule has 108 valence electrons. The Hall–Kier alpha value is -1.91. The summed E-state index contributed by atoms with van der Waals surface area (Å²) in [6, 6.07) is 12.8. The second kappa shape index (κ2) is 5.71. The molecule has 4 rings (SSSR count). The quantitative estimate of drug-likeness (QED) is 0.681. The molecule has 0 aromatic carbocycles. The van der Waals surface area contributed by atoms with Crippen LogP contribution in [0.3, 0.4) is 0 Å². The second-order valence-electron chi connectivity index (χ2n) is 5.15. The molecule has 1 atom stereocenters. The third-order valence-electron chi connectivity index (χ3n) is 3.89. The largest absolute Gasteiger partial charge is 0.265 e. The fourth-order valence-corrected chi connectivity index (χ4v) is 5.31. The summed E-state index contributed by atoms with van der Waals surface area (Å²) < 4.78 is -0.0320. The topological polar surface area (TPSA) is 25.8 Å². The standard InChI is InChI=1S/C18H14N2S2/c1-2-17(21-13-1)18(15-6-11-20-12-7-15)8-3-16(22-18)14-4-9-19-10-5-14/h1-7,9-13H,8H2. The van der Waals surface area contributed by atoms with Gasteiger partial charge < -0.3 is 0 Å². The van der Waals surface area contributed by atoms with Crippen LogP contribution in [-0.4, -0.2) is 9.97 Å². The Morgan fingerprint density at radius 1 is 0.909 bits per heavy atom. The van der Waals surface area contributed by atoms with Crippen LogP contribution in [0.15, 0.2) is 72.6 Å². The first-order valence-electron chi connectivity index (χ1n) is 7.12. The maximum atomic E-state index is 4.18. The van der Waals surface area contributed by atoms with Crippen molar-refractivity contribution in [2.45, 2.75) is 11.2 Å². The van der Waals surface area contributed by atoms with Gasteiger partial charge in [0.2, 0.25) is 0 Å². The molecule has 0 spiro atoms. The number of rotatable bonds is 3. The number of pyridine rings is 2. The van der Waals surface area contributed by atoms with E-state index in [2.05, 4.69) is 57.8 Å². The molecule has 0 N–H and O–H groups in total. The number of thioether (sulfide) groups is 1. The van der Waals surface area contributed by atoms with Crippen LogP contribution >= 0.6 is 23.1 Å². The summed E-state index contributed by atoms with van der Waals surface area (Å²) in [5.41, 5.74) is 2.56. The number of thiophene rings is 1. The Morgan fingerprint density at radius 2 is 1.64 bits per heavy atom. The zero-order valence-corrected chi connectivity index (χ0v) is 13.5. The van der Waals surface area contributed by atoms with Crippen molar-refractivity contribution in [3.05, 3.63) is 88.6 Å². The smallest absolute Gasteiger partial charge is 0.0832 e. The molecule has 0 amide bonds. The lowest BCUT2D eigenvalue weighted by Crippen LogP contribution is -2.19. The number of hydrogen-bond donors (Lipinski definition) is 0. The number of aromatic nitrogens is 2.